The highest BCUT2D eigenvalue weighted by molar-refractivity contribution is 5.91. The number of ether oxygens (including phenoxy) is 2. The second-order valence-corrected chi connectivity index (χ2v) is 10.1. The van der Waals surface area contributed by atoms with Crippen LogP contribution in [0.25, 0.3) is 11.1 Å². The summed E-state index contributed by atoms with van der Waals surface area (Å²) in [5.74, 6) is 0.992. The number of aromatic nitrogens is 1. The summed E-state index contributed by atoms with van der Waals surface area (Å²) in [5, 5.41) is 6.28. The molecule has 3 heterocycles. The molecule has 38 heavy (non-hydrogen) atoms. The molecule has 1 aromatic heterocycles. The van der Waals surface area contributed by atoms with E-state index < -0.39 is 18.5 Å². The van der Waals surface area contributed by atoms with Crippen LogP contribution in [0.2, 0.25) is 0 Å². The molecular weight excluding hydrogens is 499 g/mol. The molecule has 2 aliphatic heterocycles. The molecule has 0 aliphatic carbocycles. The molecule has 2 atom stereocenters. The maximum absolute atomic E-state index is 12.8. The predicted octanol–water partition coefficient (Wildman–Crippen LogP) is 5.15. The van der Waals surface area contributed by atoms with Crippen LogP contribution in [0.1, 0.15) is 25.3 Å². The van der Waals surface area contributed by atoms with Gasteiger partial charge in [-0.2, -0.15) is 13.2 Å². The summed E-state index contributed by atoms with van der Waals surface area (Å²) in [4.78, 5) is 21.3. The number of benzene rings is 1. The van der Waals surface area contributed by atoms with Crippen LogP contribution in [0.4, 0.5) is 35.3 Å². The Morgan fingerprint density at radius 1 is 1.21 bits per heavy atom. The van der Waals surface area contributed by atoms with Gasteiger partial charge in [0.25, 0.3) is 0 Å². The van der Waals surface area contributed by atoms with Crippen molar-refractivity contribution in [1.29, 1.82) is 0 Å². The van der Waals surface area contributed by atoms with E-state index in [2.05, 4.69) is 15.5 Å². The molecule has 8 nitrogen and oxygen atoms in total. The van der Waals surface area contributed by atoms with E-state index in [0.717, 1.165) is 41.4 Å². The first-order valence-electron chi connectivity index (χ1n) is 12.9. The Balaban J connectivity index is 1.55. The van der Waals surface area contributed by atoms with E-state index in [-0.39, 0.29) is 18.6 Å². The number of halogens is 3. The number of likely N-dealkylation sites (tertiary alicyclic amines) is 1. The van der Waals surface area contributed by atoms with E-state index >= 15 is 0 Å². The van der Waals surface area contributed by atoms with Crippen molar-refractivity contribution in [1.82, 2.24) is 9.88 Å². The first-order chi connectivity index (χ1) is 18.1. The zero-order valence-corrected chi connectivity index (χ0v) is 22.1. The Labute approximate surface area is 221 Å². The summed E-state index contributed by atoms with van der Waals surface area (Å²) >= 11 is 0. The zero-order valence-electron chi connectivity index (χ0n) is 22.1. The Morgan fingerprint density at radius 3 is 2.68 bits per heavy atom. The Bertz CT molecular complexity index is 1110. The van der Waals surface area contributed by atoms with Gasteiger partial charge in [0.15, 0.2) is 0 Å². The number of urea groups is 1. The molecule has 11 heteroatoms. The fourth-order valence-corrected chi connectivity index (χ4v) is 4.97. The normalized spacial score (nSPS) is 18.9. The van der Waals surface area contributed by atoms with Crippen molar-refractivity contribution in [3.63, 3.8) is 0 Å². The van der Waals surface area contributed by atoms with Crippen LogP contribution in [0.5, 0.6) is 0 Å². The monoisotopic (exact) mass is 535 g/mol. The Hall–Kier alpha value is -3.05. The number of carbonyl (C=O) groups is 1. The van der Waals surface area contributed by atoms with Crippen molar-refractivity contribution in [3.8, 4) is 11.1 Å². The number of hydrogen-bond donors (Lipinski definition) is 2. The molecule has 4 rings (SSSR count). The molecule has 0 spiro atoms. The SMILES string of the molecule is COCC(C)Nc1cc(-c2cc(NC(=O)N3CCC(CC(F)(F)F)C3)ccc2C)cc(N2CCOCC2)n1. The van der Waals surface area contributed by atoms with Crippen LogP contribution in [-0.2, 0) is 9.47 Å². The van der Waals surface area contributed by atoms with Crippen molar-refractivity contribution < 1.29 is 27.4 Å². The zero-order chi connectivity index (χ0) is 27.3. The van der Waals surface area contributed by atoms with Gasteiger partial charge >= 0.3 is 12.2 Å². The van der Waals surface area contributed by atoms with Crippen molar-refractivity contribution in [2.45, 2.75) is 38.9 Å². The van der Waals surface area contributed by atoms with Gasteiger partial charge in [-0.3, -0.25) is 0 Å². The van der Waals surface area contributed by atoms with E-state index in [1.807, 2.05) is 44.2 Å². The number of anilines is 3. The number of aryl methyl sites for hydroxylation is 1. The average molecular weight is 536 g/mol. The highest BCUT2D eigenvalue weighted by atomic mass is 19.4. The molecule has 0 radical (unpaired) electrons. The van der Waals surface area contributed by atoms with Gasteiger partial charge in [0.05, 0.1) is 19.8 Å². The average Bonchev–Trinajstić information content (AvgIpc) is 3.32. The number of amides is 2. The first kappa shape index (κ1) is 28.0. The summed E-state index contributed by atoms with van der Waals surface area (Å²) in [6.45, 7) is 7.71. The van der Waals surface area contributed by atoms with Gasteiger partial charge in [0.1, 0.15) is 11.6 Å². The minimum Gasteiger partial charge on any atom is -0.383 e. The number of nitrogens with one attached hydrogen (secondary N) is 2. The third-order valence-electron chi connectivity index (χ3n) is 6.85. The van der Waals surface area contributed by atoms with Crippen LogP contribution in [0.15, 0.2) is 30.3 Å². The third-order valence-corrected chi connectivity index (χ3v) is 6.85. The van der Waals surface area contributed by atoms with Crippen molar-refractivity contribution >= 4 is 23.4 Å². The number of morpholine rings is 1. The molecule has 2 amide bonds. The number of alkyl halides is 3. The number of hydrogen-bond acceptors (Lipinski definition) is 6. The molecule has 208 valence electrons. The highest BCUT2D eigenvalue weighted by Gasteiger charge is 2.36. The number of pyridine rings is 1. The minimum atomic E-state index is -4.22. The lowest BCUT2D eigenvalue weighted by atomic mass is 10.00. The van der Waals surface area contributed by atoms with Crippen molar-refractivity contribution in [2.75, 3.05) is 68.6 Å². The first-order valence-corrected chi connectivity index (χ1v) is 12.9. The number of nitrogens with zero attached hydrogens (tertiary/aromatic N) is 3. The summed E-state index contributed by atoms with van der Waals surface area (Å²) in [6, 6.07) is 9.32. The fourth-order valence-electron chi connectivity index (χ4n) is 4.97. The summed E-state index contributed by atoms with van der Waals surface area (Å²) in [6.07, 6.45) is -4.73. The lowest BCUT2D eigenvalue weighted by Gasteiger charge is -2.29. The second kappa shape index (κ2) is 12.2. The molecule has 1 aromatic carbocycles. The predicted molar refractivity (Wildman–Crippen MR) is 142 cm³/mol. The molecule has 2 aromatic rings. The van der Waals surface area contributed by atoms with Crippen LogP contribution < -0.4 is 15.5 Å². The summed E-state index contributed by atoms with van der Waals surface area (Å²) in [5.41, 5.74) is 3.47. The lowest BCUT2D eigenvalue weighted by Crippen LogP contribution is -2.37. The van der Waals surface area contributed by atoms with Gasteiger partial charge in [0, 0.05) is 51.4 Å². The molecule has 2 saturated heterocycles. The fraction of sp³-hybridized carbons (Fsp3) is 0.556. The Kier molecular flexibility index (Phi) is 8.99. The second-order valence-electron chi connectivity index (χ2n) is 10.1. The van der Waals surface area contributed by atoms with E-state index in [1.165, 1.54) is 4.90 Å². The quantitative estimate of drug-likeness (QED) is 0.487. The van der Waals surface area contributed by atoms with Crippen LogP contribution in [0, 0.1) is 12.8 Å². The maximum Gasteiger partial charge on any atom is 0.389 e. The maximum atomic E-state index is 12.8. The molecule has 0 bridgehead atoms. The van der Waals surface area contributed by atoms with Gasteiger partial charge < -0.3 is 29.9 Å². The molecule has 0 saturated carbocycles. The van der Waals surface area contributed by atoms with E-state index in [4.69, 9.17) is 14.5 Å². The third kappa shape index (κ3) is 7.50. The standard InChI is InChI=1S/C27H36F3N5O3/c1-18-4-5-22(32-26(36)35-7-6-20(16-35)15-27(28,29)30)14-23(18)21-12-24(31-19(2)17-37-3)33-25(13-21)34-8-10-38-11-9-34/h4-5,12-14,19-20H,6-11,15-17H2,1-3H3,(H,31,33)(H,32,36). The summed E-state index contributed by atoms with van der Waals surface area (Å²) < 4.78 is 49.1. The Morgan fingerprint density at radius 2 is 1.97 bits per heavy atom. The number of rotatable bonds is 8. The smallest absolute Gasteiger partial charge is 0.383 e. The molecular formula is C27H36F3N5O3. The van der Waals surface area contributed by atoms with E-state index in [9.17, 15) is 18.0 Å². The van der Waals surface area contributed by atoms with E-state index in [1.54, 1.807) is 7.11 Å². The van der Waals surface area contributed by atoms with Crippen LogP contribution in [0.3, 0.4) is 0 Å². The van der Waals surface area contributed by atoms with Gasteiger partial charge in [-0.25, -0.2) is 9.78 Å². The highest BCUT2D eigenvalue weighted by Crippen LogP contribution is 2.33. The lowest BCUT2D eigenvalue weighted by molar-refractivity contribution is -0.143. The number of methoxy groups -OCH3 is 1. The topological polar surface area (TPSA) is 79.0 Å². The van der Waals surface area contributed by atoms with Gasteiger partial charge in [0.2, 0.25) is 0 Å². The van der Waals surface area contributed by atoms with Gasteiger partial charge in [-0.1, -0.05) is 6.07 Å². The summed E-state index contributed by atoms with van der Waals surface area (Å²) in [7, 11) is 1.66. The van der Waals surface area contributed by atoms with Gasteiger partial charge in [-0.05, 0) is 67.1 Å². The molecule has 2 fully saturated rings. The van der Waals surface area contributed by atoms with Crippen LogP contribution in [-0.4, -0.2) is 81.2 Å². The number of carbonyl (C=O) groups excluding carboxylic acids is 1. The van der Waals surface area contributed by atoms with Crippen molar-refractivity contribution in [3.05, 3.63) is 35.9 Å². The van der Waals surface area contributed by atoms with Crippen molar-refractivity contribution in [2.24, 2.45) is 5.92 Å². The molecule has 2 aliphatic rings. The van der Waals surface area contributed by atoms with Crippen LogP contribution >= 0.6 is 0 Å². The molecule has 2 unspecified atom stereocenters. The van der Waals surface area contributed by atoms with E-state index in [0.29, 0.717) is 38.5 Å². The van der Waals surface area contributed by atoms with Gasteiger partial charge in [-0.15, -0.1) is 0 Å². The minimum absolute atomic E-state index is 0.0497. The molecule has 2 N–H and O–H groups in total. The largest absolute Gasteiger partial charge is 0.389 e.